The second kappa shape index (κ2) is 1.24. The van der Waals surface area contributed by atoms with Crippen LogP contribution >= 0.6 is 0 Å². The topological polar surface area (TPSA) is 19.9 Å². The molecule has 0 aromatic heterocycles. The highest BCUT2D eigenvalue weighted by Gasteiger charge is 2.62. The standard InChI is InChI=1S/C6H10FO/c1-5(2)3-6(5,7)4-8/h3-4H2,1-2H3. The van der Waals surface area contributed by atoms with Crippen LogP contribution in [-0.2, 0) is 5.11 Å². The number of rotatable bonds is 1. The summed E-state index contributed by atoms with van der Waals surface area (Å²) in [5, 5.41) is 10.1. The van der Waals surface area contributed by atoms with E-state index in [-0.39, 0.29) is 5.41 Å². The van der Waals surface area contributed by atoms with Gasteiger partial charge < -0.3 is 0 Å². The minimum Gasteiger partial charge on any atom is -0.241 e. The van der Waals surface area contributed by atoms with E-state index in [9.17, 15) is 9.50 Å². The molecule has 1 aliphatic rings. The van der Waals surface area contributed by atoms with Crippen molar-refractivity contribution < 1.29 is 9.50 Å². The van der Waals surface area contributed by atoms with Crippen LogP contribution < -0.4 is 0 Å². The number of halogens is 1. The number of hydrogen-bond donors (Lipinski definition) is 0. The maximum absolute atomic E-state index is 12.7. The quantitative estimate of drug-likeness (QED) is 0.496. The van der Waals surface area contributed by atoms with Crippen LogP contribution in [-0.4, -0.2) is 12.3 Å². The van der Waals surface area contributed by atoms with E-state index < -0.39 is 12.3 Å². The molecule has 0 bridgehead atoms. The molecule has 0 spiro atoms. The van der Waals surface area contributed by atoms with Gasteiger partial charge in [-0.15, -0.1) is 0 Å². The minimum atomic E-state index is -1.37. The van der Waals surface area contributed by atoms with Crippen molar-refractivity contribution in [1.82, 2.24) is 0 Å². The second-order valence-corrected chi connectivity index (χ2v) is 3.17. The molecule has 1 unspecified atom stereocenters. The lowest BCUT2D eigenvalue weighted by Gasteiger charge is -2.03. The number of hydrogen-bond acceptors (Lipinski definition) is 0. The summed E-state index contributed by atoms with van der Waals surface area (Å²) in [5.74, 6) is 0. The van der Waals surface area contributed by atoms with Crippen molar-refractivity contribution in [3.8, 4) is 0 Å². The normalized spacial score (nSPS) is 42.0. The zero-order valence-corrected chi connectivity index (χ0v) is 5.20. The Labute approximate surface area is 48.5 Å². The Bertz CT molecular complexity index is 111. The molecule has 0 aromatic carbocycles. The highest BCUT2D eigenvalue weighted by molar-refractivity contribution is 5.10. The van der Waals surface area contributed by atoms with Gasteiger partial charge in [0.2, 0.25) is 0 Å². The summed E-state index contributed by atoms with van der Waals surface area (Å²) in [6.07, 6.45) is 0.448. The summed E-state index contributed by atoms with van der Waals surface area (Å²) < 4.78 is 12.7. The molecular formula is C6H10FO. The average molecular weight is 117 g/mol. The first-order valence-corrected chi connectivity index (χ1v) is 2.79. The van der Waals surface area contributed by atoms with Gasteiger partial charge in [0.15, 0.2) is 0 Å². The van der Waals surface area contributed by atoms with Gasteiger partial charge in [-0.1, -0.05) is 13.8 Å². The van der Waals surface area contributed by atoms with Crippen LogP contribution in [0, 0.1) is 5.41 Å². The van der Waals surface area contributed by atoms with Gasteiger partial charge in [-0.2, -0.15) is 0 Å². The highest BCUT2D eigenvalue weighted by atomic mass is 19.1. The van der Waals surface area contributed by atoms with E-state index in [1.165, 1.54) is 0 Å². The monoisotopic (exact) mass is 117 g/mol. The molecule has 1 atom stereocenters. The molecule has 0 heterocycles. The molecule has 0 saturated heterocycles. The van der Waals surface area contributed by atoms with Crippen molar-refractivity contribution in [2.24, 2.45) is 5.41 Å². The van der Waals surface area contributed by atoms with Crippen LogP contribution in [0.3, 0.4) is 0 Å². The third-order valence-electron chi connectivity index (χ3n) is 2.04. The van der Waals surface area contributed by atoms with E-state index in [0.717, 1.165) is 0 Å². The summed E-state index contributed by atoms with van der Waals surface area (Å²) in [6, 6.07) is 0. The molecule has 0 amide bonds. The third kappa shape index (κ3) is 0.558. The van der Waals surface area contributed by atoms with Gasteiger partial charge in [0.25, 0.3) is 0 Å². The summed E-state index contributed by atoms with van der Waals surface area (Å²) in [5.41, 5.74) is -1.69. The SMILES string of the molecule is CC1(C)CC1(F)C[O]. The van der Waals surface area contributed by atoms with Gasteiger partial charge in [-0.25, -0.2) is 9.50 Å². The highest BCUT2D eigenvalue weighted by Crippen LogP contribution is 2.58. The number of alkyl halides is 1. The lowest BCUT2D eigenvalue weighted by molar-refractivity contribution is 0.0770. The Morgan fingerprint density at radius 3 is 2.00 bits per heavy atom. The fourth-order valence-electron chi connectivity index (χ4n) is 0.903. The van der Waals surface area contributed by atoms with Gasteiger partial charge in [0.1, 0.15) is 12.3 Å². The maximum Gasteiger partial charge on any atom is 0.143 e. The molecule has 1 nitrogen and oxygen atoms in total. The molecule has 2 heteroatoms. The van der Waals surface area contributed by atoms with E-state index in [2.05, 4.69) is 0 Å². The van der Waals surface area contributed by atoms with Crippen LogP contribution in [0.1, 0.15) is 20.3 Å². The Hall–Kier alpha value is -0.110. The maximum atomic E-state index is 12.7. The summed E-state index contributed by atoms with van der Waals surface area (Å²) in [4.78, 5) is 0. The van der Waals surface area contributed by atoms with Crippen molar-refractivity contribution in [1.29, 1.82) is 0 Å². The zero-order valence-electron chi connectivity index (χ0n) is 5.20. The summed E-state index contributed by atoms with van der Waals surface area (Å²) in [7, 11) is 0. The van der Waals surface area contributed by atoms with Crippen molar-refractivity contribution in [2.75, 3.05) is 6.61 Å². The second-order valence-electron chi connectivity index (χ2n) is 3.17. The first-order valence-electron chi connectivity index (χ1n) is 2.79. The van der Waals surface area contributed by atoms with Gasteiger partial charge in [-0.05, 0) is 6.42 Å². The van der Waals surface area contributed by atoms with E-state index in [4.69, 9.17) is 0 Å². The summed E-state index contributed by atoms with van der Waals surface area (Å²) >= 11 is 0. The van der Waals surface area contributed by atoms with Crippen LogP contribution in [0.25, 0.3) is 0 Å². The molecule has 1 saturated carbocycles. The first kappa shape index (κ1) is 6.02. The van der Waals surface area contributed by atoms with E-state index in [1.807, 2.05) is 0 Å². The van der Waals surface area contributed by atoms with Crippen LogP contribution in [0.4, 0.5) is 4.39 Å². The molecule has 1 aliphatic carbocycles. The first-order chi connectivity index (χ1) is 3.52. The lowest BCUT2D eigenvalue weighted by Crippen LogP contribution is -2.13. The largest absolute Gasteiger partial charge is 0.241 e. The molecule has 0 N–H and O–H groups in total. The zero-order chi connectivity index (χ0) is 6.41. The fraction of sp³-hybridized carbons (Fsp3) is 1.00. The van der Waals surface area contributed by atoms with Crippen LogP contribution in [0.2, 0.25) is 0 Å². The van der Waals surface area contributed by atoms with Gasteiger partial charge in [0, 0.05) is 5.41 Å². The molecule has 8 heavy (non-hydrogen) atoms. The van der Waals surface area contributed by atoms with Crippen molar-refractivity contribution in [3.63, 3.8) is 0 Å². The molecule has 1 rings (SSSR count). The van der Waals surface area contributed by atoms with E-state index in [1.54, 1.807) is 13.8 Å². The molecule has 0 aromatic rings. The molecule has 0 aliphatic heterocycles. The summed E-state index contributed by atoms with van der Waals surface area (Å²) in [6.45, 7) is 3.00. The molecule has 1 fully saturated rings. The minimum absolute atomic E-state index is 0.325. The van der Waals surface area contributed by atoms with Gasteiger partial charge >= 0.3 is 0 Å². The third-order valence-corrected chi connectivity index (χ3v) is 2.04. The van der Waals surface area contributed by atoms with Crippen molar-refractivity contribution in [2.45, 2.75) is 25.9 Å². The van der Waals surface area contributed by atoms with Crippen molar-refractivity contribution in [3.05, 3.63) is 0 Å². The Morgan fingerprint density at radius 1 is 1.62 bits per heavy atom. The lowest BCUT2D eigenvalue weighted by atomic mass is 10.1. The molecular weight excluding hydrogens is 107 g/mol. The molecule has 47 valence electrons. The van der Waals surface area contributed by atoms with Gasteiger partial charge in [-0.3, -0.25) is 0 Å². The Kier molecular flexibility index (Phi) is 0.932. The Morgan fingerprint density at radius 2 is 2.00 bits per heavy atom. The Balaban J connectivity index is 2.55. The van der Waals surface area contributed by atoms with E-state index in [0.29, 0.717) is 6.42 Å². The average Bonchev–Trinajstić information content (AvgIpc) is 2.10. The molecule has 1 radical (unpaired) electrons. The fourth-order valence-corrected chi connectivity index (χ4v) is 0.903. The predicted molar refractivity (Wildman–Crippen MR) is 27.8 cm³/mol. The van der Waals surface area contributed by atoms with Gasteiger partial charge in [0.05, 0.1) is 0 Å². The van der Waals surface area contributed by atoms with Crippen LogP contribution in [0.15, 0.2) is 0 Å². The smallest absolute Gasteiger partial charge is 0.143 e. The van der Waals surface area contributed by atoms with E-state index >= 15 is 0 Å². The van der Waals surface area contributed by atoms with Crippen LogP contribution in [0.5, 0.6) is 0 Å². The predicted octanol–water partition coefficient (Wildman–Crippen LogP) is 1.56. The van der Waals surface area contributed by atoms with Crippen molar-refractivity contribution >= 4 is 0 Å².